The van der Waals surface area contributed by atoms with Crippen LogP contribution in [0.2, 0.25) is 20.1 Å². The molecule has 4 aromatic carbocycles. The highest BCUT2D eigenvalue weighted by Crippen LogP contribution is 2.42. The Morgan fingerprint density at radius 3 is 0.873 bits per heavy atom. The number of carbonyl (C=O) groups is 8. The number of nitrogens with zero attached hydrogens (tertiary/aromatic N) is 6. The van der Waals surface area contributed by atoms with Crippen LogP contribution in [0.3, 0.4) is 0 Å². The number of carbonyl (C=O) groups excluding carboxylic acids is 8. The summed E-state index contributed by atoms with van der Waals surface area (Å²) in [5.74, 6) is -5.56. The summed E-state index contributed by atoms with van der Waals surface area (Å²) in [7, 11) is 10.9. The molecule has 0 N–H and O–H groups in total. The Labute approximate surface area is 612 Å². The maximum Gasteiger partial charge on any atom is 0.435 e. The molecule has 0 spiro atoms. The van der Waals surface area contributed by atoms with Crippen LogP contribution in [-0.4, -0.2) is 218 Å². The first kappa shape index (κ1) is 86.4. The molecule has 0 bridgehead atoms. The van der Waals surface area contributed by atoms with E-state index in [1.165, 1.54) is 173 Å². The molecule has 0 fully saturated rings. The van der Waals surface area contributed by atoms with E-state index in [4.69, 9.17) is 122 Å². The lowest BCUT2D eigenvalue weighted by molar-refractivity contribution is -0.117. The summed E-state index contributed by atoms with van der Waals surface area (Å²) in [4.78, 5) is 118. The SMILES string of the molecule is COCCOCC(C)(C)OC(=O)N(/N=C(/C(C)=O)C(=O)N(C(=O)OC(C)(C)COCCOC)c1cc(OC)c(Cl)cc1OC)c1ccc(-c2ccc(N(/N=C(/C(C)=O)C(=O)N(C(=O)OC(C)(C)COCCOC)c3cc(OC)c(Cl)cc3OC)C(=O)OC(C)(C)COCCOC)c(Cl)c2)cc1Cl. The topological polar surface area (TPSA) is 322 Å². The zero-order valence-electron chi connectivity index (χ0n) is 60.3. The molecule has 0 unspecified atom stereocenters. The van der Waals surface area contributed by atoms with Gasteiger partial charge in [0.25, 0.3) is 11.8 Å². The number of anilines is 4. The highest BCUT2D eigenvalue weighted by molar-refractivity contribution is 6.70. The molecule has 0 heterocycles. The number of hydrogen-bond donors (Lipinski definition) is 0. The van der Waals surface area contributed by atoms with Crippen molar-refractivity contribution in [1.82, 2.24) is 0 Å². The first-order valence-electron chi connectivity index (χ1n) is 31.1. The fraction of sp³-hybridized carbons (Fsp3) is 0.500. The summed E-state index contributed by atoms with van der Waals surface area (Å²) in [6.45, 7) is 14.3. The van der Waals surface area contributed by atoms with Crippen molar-refractivity contribution in [2.45, 2.75) is 91.6 Å². The molecular weight excluding hydrogens is 1430 g/mol. The van der Waals surface area contributed by atoms with Crippen LogP contribution in [0.5, 0.6) is 23.0 Å². The van der Waals surface area contributed by atoms with Crippen molar-refractivity contribution in [2.24, 2.45) is 10.2 Å². The van der Waals surface area contributed by atoms with Gasteiger partial charge in [-0.1, -0.05) is 58.5 Å². The summed E-state index contributed by atoms with van der Waals surface area (Å²) in [5.41, 5.74) is -8.76. The van der Waals surface area contributed by atoms with Gasteiger partial charge in [-0.05, 0) is 90.8 Å². The summed E-state index contributed by atoms with van der Waals surface area (Å²) < 4.78 is 88.6. The van der Waals surface area contributed by atoms with Crippen molar-refractivity contribution >= 4 is 128 Å². The highest BCUT2D eigenvalue weighted by Gasteiger charge is 2.42. The number of benzene rings is 4. The van der Waals surface area contributed by atoms with Gasteiger partial charge in [-0.3, -0.25) is 19.2 Å². The quantitative estimate of drug-likeness (QED) is 0.0132. The Morgan fingerprint density at radius 2 is 0.627 bits per heavy atom. The zero-order chi connectivity index (χ0) is 76.5. The number of rotatable bonds is 39. The third kappa shape index (κ3) is 25.2. The maximum absolute atomic E-state index is 15.3. The first-order chi connectivity index (χ1) is 48.0. The molecule has 4 rings (SSSR count). The Morgan fingerprint density at radius 1 is 0.353 bits per heavy atom. The van der Waals surface area contributed by atoms with Crippen LogP contribution >= 0.6 is 46.4 Å². The molecule has 0 aliphatic rings. The molecule has 0 aliphatic carbocycles. The number of ketones is 2. The first-order valence-corrected chi connectivity index (χ1v) is 32.6. The fourth-order valence-corrected chi connectivity index (χ4v) is 9.73. The predicted octanol–water partition coefficient (Wildman–Crippen LogP) is 11.9. The van der Waals surface area contributed by atoms with Gasteiger partial charge in [-0.15, -0.1) is 0 Å². The van der Waals surface area contributed by atoms with Crippen LogP contribution in [0, 0.1) is 0 Å². The third-order valence-corrected chi connectivity index (χ3v) is 14.8. The predicted molar refractivity (Wildman–Crippen MR) is 380 cm³/mol. The lowest BCUT2D eigenvalue weighted by Gasteiger charge is -2.30. The minimum absolute atomic E-state index is 0.000618. The van der Waals surface area contributed by atoms with Crippen LogP contribution in [0.15, 0.2) is 70.9 Å². The monoisotopic (exact) mass is 1510 g/mol. The number of hydrogen-bond acceptors (Lipinski definition) is 26. The van der Waals surface area contributed by atoms with E-state index < -0.39 is 81.6 Å². The van der Waals surface area contributed by atoms with Crippen LogP contribution in [-0.2, 0) is 76.0 Å². The van der Waals surface area contributed by atoms with Crippen molar-refractivity contribution in [3.63, 3.8) is 0 Å². The van der Waals surface area contributed by atoms with Gasteiger partial charge in [0.1, 0.15) is 56.8 Å². The van der Waals surface area contributed by atoms with E-state index in [2.05, 4.69) is 10.2 Å². The number of halogens is 4. The van der Waals surface area contributed by atoms with Gasteiger partial charge >= 0.3 is 24.4 Å². The van der Waals surface area contributed by atoms with Crippen LogP contribution in [0.1, 0.15) is 69.2 Å². The fourth-order valence-electron chi connectivity index (χ4n) is 8.74. The van der Waals surface area contributed by atoms with Gasteiger partial charge in [0.05, 0.1) is 139 Å². The van der Waals surface area contributed by atoms with E-state index in [-0.39, 0.29) is 156 Å². The van der Waals surface area contributed by atoms with E-state index in [1.54, 1.807) is 0 Å². The van der Waals surface area contributed by atoms with Crippen molar-refractivity contribution in [3.8, 4) is 34.1 Å². The molecule has 34 heteroatoms. The molecule has 102 heavy (non-hydrogen) atoms. The van der Waals surface area contributed by atoms with Crippen molar-refractivity contribution in [2.75, 3.05) is 156 Å². The second-order valence-corrected chi connectivity index (χ2v) is 25.9. The molecule has 30 nitrogen and oxygen atoms in total. The van der Waals surface area contributed by atoms with E-state index in [1.807, 2.05) is 0 Å². The second kappa shape index (κ2) is 40.2. The summed E-state index contributed by atoms with van der Waals surface area (Å²) in [5, 5.41) is 9.07. The lowest BCUT2D eigenvalue weighted by Crippen LogP contribution is -2.48. The minimum atomic E-state index is -1.46. The summed E-state index contributed by atoms with van der Waals surface area (Å²) in [6, 6.07) is 12.9. The average Bonchev–Trinajstić information content (AvgIpc) is 0.788. The van der Waals surface area contributed by atoms with E-state index in [0.29, 0.717) is 19.8 Å². The third-order valence-electron chi connectivity index (χ3n) is 13.6. The highest BCUT2D eigenvalue weighted by atomic mass is 35.5. The molecule has 0 saturated carbocycles. The standard InChI is InChI=1S/C68H88Cl4N6O24/c1-41(79)57(59(81)75(51-35-53(91-15)47(71)33-55(51)93-17)61(83)99-65(3,4)37-95-27-23-87-11)73-77(63(85)101-67(7,8)39-97-29-25-89-13)49-21-19-43(31-45(49)69)44-20-22-50(46(70)32-44)78(64(86)102-68(9,10)40-98-30-26-90-14)74-58(42(2)80)60(82)76(52-36-54(92-16)48(72)34-56(52)94-18)62(84)100-66(5,6)38-96-28-24-88-12/h19-22,31-36H,23-30,37-40H2,1-18H3/b73-57-,74-58-. The smallest absolute Gasteiger partial charge is 0.435 e. The molecular formula is C68H88Cl4N6O24. The van der Waals surface area contributed by atoms with Crippen LogP contribution in [0.25, 0.3) is 11.1 Å². The number of hydrazone groups is 2. The lowest BCUT2D eigenvalue weighted by atomic mass is 10.0. The largest absolute Gasteiger partial charge is 0.495 e. The van der Waals surface area contributed by atoms with Crippen LogP contribution < -0.4 is 38.8 Å². The Hall–Kier alpha value is -7.98. The Kier molecular flexibility index (Phi) is 34.0. The van der Waals surface area contributed by atoms with Crippen molar-refractivity contribution in [1.29, 1.82) is 0 Å². The normalized spacial score (nSPS) is 12.1. The maximum atomic E-state index is 15.3. The summed E-state index contributed by atoms with van der Waals surface area (Å²) >= 11 is 27.2. The van der Waals surface area contributed by atoms with Gasteiger partial charge in [0.2, 0.25) is 0 Å². The van der Waals surface area contributed by atoms with Gasteiger partial charge in [-0.25, -0.2) is 29.0 Å². The zero-order valence-corrected chi connectivity index (χ0v) is 63.3. The average molecular weight is 1520 g/mol. The van der Waals surface area contributed by atoms with E-state index >= 15 is 9.59 Å². The van der Waals surface area contributed by atoms with Crippen molar-refractivity contribution < 1.29 is 114 Å². The number of Topliss-reactive ketones (excluding diaryl/α,β-unsaturated/α-hetero) is 2. The number of imide groups is 2. The van der Waals surface area contributed by atoms with Gasteiger partial charge in [0.15, 0.2) is 23.0 Å². The number of methoxy groups -OCH3 is 8. The van der Waals surface area contributed by atoms with Gasteiger partial charge in [-0.2, -0.15) is 20.2 Å². The molecule has 562 valence electrons. The number of amides is 6. The van der Waals surface area contributed by atoms with E-state index in [9.17, 15) is 28.8 Å². The van der Waals surface area contributed by atoms with Crippen molar-refractivity contribution in [3.05, 3.63) is 80.8 Å². The molecule has 0 atom stereocenters. The molecule has 6 amide bonds. The molecule has 0 aromatic heterocycles. The summed E-state index contributed by atoms with van der Waals surface area (Å²) in [6.07, 6.45) is -5.39. The molecule has 0 saturated heterocycles. The molecule has 0 radical (unpaired) electrons. The van der Waals surface area contributed by atoms with E-state index in [0.717, 1.165) is 13.8 Å². The van der Waals surface area contributed by atoms with Gasteiger partial charge in [0, 0.05) is 66.6 Å². The molecule has 4 aromatic rings. The van der Waals surface area contributed by atoms with Gasteiger partial charge < -0.3 is 75.8 Å². The Balaban J connectivity index is 2.03. The number of ether oxygens (including phenoxy) is 16. The Bertz CT molecular complexity index is 3430. The minimum Gasteiger partial charge on any atom is -0.495 e. The molecule has 0 aliphatic heterocycles. The second-order valence-electron chi connectivity index (χ2n) is 24.3. The van der Waals surface area contributed by atoms with Crippen LogP contribution in [0.4, 0.5) is 41.9 Å².